The maximum atomic E-state index is 14.0. The molecule has 0 aliphatic heterocycles. The molecule has 6 nitrogen and oxygen atoms in total. The highest BCUT2D eigenvalue weighted by molar-refractivity contribution is 7.93. The SMILES string of the molecule is Cc1cc(/C=C/CN(C)Cc2ccccc2N(CCO)S(=O)(=O)c2cccc3cnccc23)cc(C)c1C. The zero-order valence-corrected chi connectivity index (χ0v) is 23.2. The van der Waals surface area contributed by atoms with Gasteiger partial charge in [-0.2, -0.15) is 0 Å². The molecule has 0 aliphatic carbocycles. The van der Waals surface area contributed by atoms with Gasteiger partial charge in [0.15, 0.2) is 0 Å². The molecule has 4 rings (SSSR count). The van der Waals surface area contributed by atoms with Crippen LogP contribution in [0.4, 0.5) is 5.69 Å². The van der Waals surface area contributed by atoms with Gasteiger partial charge in [0.2, 0.25) is 0 Å². The maximum Gasteiger partial charge on any atom is 0.265 e. The van der Waals surface area contributed by atoms with Crippen LogP contribution in [0.25, 0.3) is 16.8 Å². The van der Waals surface area contributed by atoms with Crippen molar-refractivity contribution in [3.05, 3.63) is 107 Å². The van der Waals surface area contributed by atoms with E-state index in [-0.39, 0.29) is 18.0 Å². The van der Waals surface area contributed by atoms with Gasteiger partial charge in [-0.25, -0.2) is 8.42 Å². The molecule has 0 spiro atoms. The van der Waals surface area contributed by atoms with E-state index < -0.39 is 10.0 Å². The van der Waals surface area contributed by atoms with Gasteiger partial charge in [-0.15, -0.1) is 0 Å². The zero-order valence-electron chi connectivity index (χ0n) is 22.4. The third-order valence-corrected chi connectivity index (χ3v) is 8.76. The summed E-state index contributed by atoms with van der Waals surface area (Å²) in [4.78, 5) is 6.45. The first-order valence-corrected chi connectivity index (χ1v) is 14.1. The van der Waals surface area contributed by atoms with Gasteiger partial charge in [0.1, 0.15) is 0 Å². The average molecular weight is 530 g/mol. The molecule has 1 N–H and O–H groups in total. The lowest BCUT2D eigenvalue weighted by atomic mass is 10.0. The highest BCUT2D eigenvalue weighted by Crippen LogP contribution is 2.31. The third-order valence-electron chi connectivity index (χ3n) is 6.89. The molecule has 0 radical (unpaired) electrons. The van der Waals surface area contributed by atoms with Crippen LogP contribution in [0, 0.1) is 20.8 Å². The van der Waals surface area contributed by atoms with Crippen molar-refractivity contribution in [2.45, 2.75) is 32.2 Å². The van der Waals surface area contributed by atoms with Gasteiger partial charge in [-0.3, -0.25) is 14.2 Å². The van der Waals surface area contributed by atoms with Gasteiger partial charge in [-0.05, 0) is 73.8 Å². The molecule has 198 valence electrons. The molecule has 0 saturated carbocycles. The molecule has 1 aromatic heterocycles. The molecular formula is C31H35N3O3S. The summed E-state index contributed by atoms with van der Waals surface area (Å²) in [6, 6.07) is 18.7. The minimum absolute atomic E-state index is 0.0451. The number of aryl methyl sites for hydroxylation is 2. The van der Waals surface area contributed by atoms with Crippen LogP contribution in [0.3, 0.4) is 0 Å². The molecular weight excluding hydrogens is 494 g/mol. The number of aromatic nitrogens is 1. The second-order valence-corrected chi connectivity index (χ2v) is 11.5. The monoisotopic (exact) mass is 529 g/mol. The van der Waals surface area contributed by atoms with E-state index in [4.69, 9.17) is 0 Å². The molecule has 0 aliphatic rings. The number of hydrogen-bond donors (Lipinski definition) is 1. The predicted molar refractivity (Wildman–Crippen MR) is 156 cm³/mol. The maximum absolute atomic E-state index is 14.0. The summed E-state index contributed by atoms with van der Waals surface area (Å²) in [6.45, 7) is 7.30. The first-order valence-electron chi connectivity index (χ1n) is 12.7. The number of rotatable bonds is 10. The third kappa shape index (κ3) is 5.96. The Bertz CT molecular complexity index is 1540. The highest BCUT2D eigenvalue weighted by atomic mass is 32.2. The summed E-state index contributed by atoms with van der Waals surface area (Å²) in [7, 11) is -1.94. The number of pyridine rings is 1. The molecule has 0 fully saturated rings. The smallest absolute Gasteiger partial charge is 0.265 e. The van der Waals surface area contributed by atoms with Crippen LogP contribution in [-0.4, -0.2) is 50.2 Å². The van der Waals surface area contributed by atoms with Crippen molar-refractivity contribution in [3.8, 4) is 0 Å². The van der Waals surface area contributed by atoms with Crippen LogP contribution in [0.2, 0.25) is 0 Å². The average Bonchev–Trinajstić information content (AvgIpc) is 2.90. The quantitative estimate of drug-likeness (QED) is 0.294. The standard InChI is InChI=1S/C31H35N3O3S/c1-23-19-26(20-24(2)25(23)3)9-8-16-33(4)22-28-10-5-6-12-30(28)34(17-18-35)38(36,37)31-13-7-11-27-21-32-15-14-29(27)31/h5-15,19-21,35H,16-18,22H2,1-4H3/b9-8+. The summed E-state index contributed by atoms with van der Waals surface area (Å²) in [5, 5.41) is 11.2. The number of para-hydroxylation sites is 1. The Labute approximate surface area is 225 Å². The van der Waals surface area contributed by atoms with Crippen molar-refractivity contribution < 1.29 is 13.5 Å². The molecule has 3 aromatic carbocycles. The fourth-order valence-corrected chi connectivity index (χ4v) is 6.39. The first-order chi connectivity index (χ1) is 18.2. The number of aliphatic hydroxyl groups excluding tert-OH is 1. The Hall–Kier alpha value is -3.52. The normalized spacial score (nSPS) is 12.1. The zero-order chi connectivity index (χ0) is 27.3. The van der Waals surface area contributed by atoms with E-state index in [1.165, 1.54) is 26.6 Å². The molecule has 7 heteroatoms. The largest absolute Gasteiger partial charge is 0.394 e. The van der Waals surface area contributed by atoms with Gasteiger partial charge in [0.25, 0.3) is 10.0 Å². The second kappa shape index (κ2) is 11.9. The van der Waals surface area contributed by atoms with Crippen LogP contribution < -0.4 is 4.31 Å². The Kier molecular flexibility index (Phi) is 8.62. The summed E-state index contributed by atoms with van der Waals surface area (Å²) in [5.74, 6) is 0. The van der Waals surface area contributed by atoms with Crippen molar-refractivity contribution in [2.24, 2.45) is 0 Å². The number of sulfonamides is 1. The van der Waals surface area contributed by atoms with Crippen molar-refractivity contribution in [2.75, 3.05) is 31.0 Å². The molecule has 4 aromatic rings. The van der Waals surface area contributed by atoms with Gasteiger partial charge < -0.3 is 5.11 Å². The van der Waals surface area contributed by atoms with E-state index >= 15 is 0 Å². The summed E-state index contributed by atoms with van der Waals surface area (Å²) < 4.78 is 29.2. The number of anilines is 1. The van der Waals surface area contributed by atoms with E-state index in [0.717, 1.165) is 10.9 Å². The number of nitrogens with zero attached hydrogens (tertiary/aromatic N) is 3. The summed E-state index contributed by atoms with van der Waals surface area (Å²) >= 11 is 0. The molecule has 1 heterocycles. The van der Waals surface area contributed by atoms with Crippen molar-refractivity contribution >= 4 is 32.6 Å². The first kappa shape index (κ1) is 27.5. The molecule has 38 heavy (non-hydrogen) atoms. The predicted octanol–water partition coefficient (Wildman–Crippen LogP) is 5.49. The van der Waals surface area contributed by atoms with E-state index in [1.54, 1.807) is 36.7 Å². The molecule has 0 saturated heterocycles. The second-order valence-electron chi connectivity index (χ2n) is 9.66. The lowest BCUT2D eigenvalue weighted by Gasteiger charge is -2.28. The molecule has 0 unspecified atom stereocenters. The number of hydrogen-bond acceptors (Lipinski definition) is 5. The lowest BCUT2D eigenvalue weighted by Crippen LogP contribution is -2.35. The van der Waals surface area contributed by atoms with Crippen molar-refractivity contribution in [3.63, 3.8) is 0 Å². The Balaban J connectivity index is 1.60. The molecule has 0 amide bonds. The summed E-state index contributed by atoms with van der Waals surface area (Å²) in [5.41, 5.74) is 6.47. The van der Waals surface area contributed by atoms with Gasteiger partial charge in [-0.1, -0.05) is 54.6 Å². The number of benzene rings is 3. The highest BCUT2D eigenvalue weighted by Gasteiger charge is 2.28. The minimum atomic E-state index is -3.95. The van der Waals surface area contributed by atoms with Crippen molar-refractivity contribution in [1.29, 1.82) is 0 Å². The van der Waals surface area contributed by atoms with E-state index in [2.05, 4.69) is 54.9 Å². The minimum Gasteiger partial charge on any atom is -0.394 e. The fraction of sp³-hybridized carbons (Fsp3) is 0.258. The van der Waals surface area contributed by atoms with Crippen LogP contribution in [0.5, 0.6) is 0 Å². The Morgan fingerprint density at radius 2 is 1.71 bits per heavy atom. The number of fused-ring (bicyclic) bond motifs is 1. The van der Waals surface area contributed by atoms with Crippen LogP contribution in [0.15, 0.2) is 84.0 Å². The van der Waals surface area contributed by atoms with Crippen LogP contribution >= 0.6 is 0 Å². The van der Waals surface area contributed by atoms with E-state index in [1.807, 2.05) is 31.3 Å². The molecule has 0 atom stereocenters. The van der Waals surface area contributed by atoms with Gasteiger partial charge in [0.05, 0.1) is 23.7 Å². The summed E-state index contributed by atoms with van der Waals surface area (Å²) in [6.07, 6.45) is 7.49. The number of aliphatic hydroxyl groups is 1. The molecule has 0 bridgehead atoms. The van der Waals surface area contributed by atoms with Crippen LogP contribution in [0.1, 0.15) is 27.8 Å². The van der Waals surface area contributed by atoms with Gasteiger partial charge >= 0.3 is 0 Å². The van der Waals surface area contributed by atoms with E-state index in [9.17, 15) is 13.5 Å². The Morgan fingerprint density at radius 1 is 0.974 bits per heavy atom. The van der Waals surface area contributed by atoms with Crippen molar-refractivity contribution in [1.82, 2.24) is 9.88 Å². The van der Waals surface area contributed by atoms with E-state index in [0.29, 0.717) is 24.2 Å². The van der Waals surface area contributed by atoms with Gasteiger partial charge in [0, 0.05) is 36.3 Å². The number of likely N-dealkylation sites (N-methyl/N-ethyl adjacent to an activating group) is 1. The lowest BCUT2D eigenvalue weighted by molar-refractivity contribution is 0.306. The fourth-order valence-electron chi connectivity index (χ4n) is 4.67. The van der Waals surface area contributed by atoms with Crippen LogP contribution in [-0.2, 0) is 16.6 Å². The Morgan fingerprint density at radius 3 is 2.45 bits per heavy atom. The topological polar surface area (TPSA) is 73.7 Å².